The second-order valence-electron chi connectivity index (χ2n) is 7.10. The fourth-order valence-electron chi connectivity index (χ4n) is 3.79. The molecule has 0 bridgehead atoms. The summed E-state index contributed by atoms with van der Waals surface area (Å²) < 4.78 is 3.21. The Morgan fingerprint density at radius 3 is 2.68 bits per heavy atom. The number of nitrogens with one attached hydrogen (secondary N) is 1. The second kappa shape index (κ2) is 9.28. The number of halogens is 1. The van der Waals surface area contributed by atoms with Crippen molar-refractivity contribution in [1.29, 1.82) is 0 Å². The fraction of sp³-hybridized carbons (Fsp3) is 0.684. The summed E-state index contributed by atoms with van der Waals surface area (Å²) in [5.74, 6) is 0.930. The molecule has 3 rings (SSSR count). The zero-order valence-electron chi connectivity index (χ0n) is 15.3. The molecule has 0 radical (unpaired) electrons. The van der Waals surface area contributed by atoms with Crippen molar-refractivity contribution in [3.63, 3.8) is 0 Å². The van der Waals surface area contributed by atoms with Crippen LogP contribution in [0.5, 0.6) is 0 Å². The van der Waals surface area contributed by atoms with Gasteiger partial charge in [0.2, 0.25) is 0 Å². The van der Waals surface area contributed by atoms with E-state index in [1.54, 1.807) is 0 Å². The van der Waals surface area contributed by atoms with E-state index in [1.807, 2.05) is 13.1 Å². The number of hydrogen-bond acceptors (Lipinski definition) is 5. The number of nitrogens with zero attached hydrogens (tertiary/aromatic N) is 3. The minimum atomic E-state index is -0.613. The first-order valence-electron chi connectivity index (χ1n) is 9.36. The Balaban J connectivity index is 1.67. The molecule has 1 aliphatic carbocycles. The van der Waals surface area contributed by atoms with Gasteiger partial charge in [-0.1, -0.05) is 6.42 Å². The van der Waals surface area contributed by atoms with Gasteiger partial charge in [0.1, 0.15) is 0 Å². The first kappa shape index (κ1) is 19.0. The van der Waals surface area contributed by atoms with Crippen molar-refractivity contribution in [2.75, 3.05) is 22.9 Å². The van der Waals surface area contributed by atoms with Crippen molar-refractivity contribution < 1.29 is 26.6 Å². The van der Waals surface area contributed by atoms with Crippen LogP contribution in [0.2, 0.25) is 0 Å². The third-order valence-corrected chi connectivity index (χ3v) is 6.33. The van der Waals surface area contributed by atoms with Crippen molar-refractivity contribution in [1.82, 2.24) is 8.51 Å². The number of hydrogen-bond donors (Lipinski definition) is 2. The van der Waals surface area contributed by atoms with Gasteiger partial charge >= 0.3 is 156 Å². The molecular weight excluding hydrogens is 427 g/mol. The molecule has 1 saturated carbocycles. The summed E-state index contributed by atoms with van der Waals surface area (Å²) >= 11 is -0.184. The summed E-state index contributed by atoms with van der Waals surface area (Å²) in [6.45, 7) is 3.92. The van der Waals surface area contributed by atoms with Crippen molar-refractivity contribution in [2.45, 2.75) is 64.1 Å². The summed E-state index contributed by atoms with van der Waals surface area (Å²) in [5.41, 5.74) is 3.38. The number of alkyl halides is 1. The van der Waals surface area contributed by atoms with Crippen LogP contribution in [0.3, 0.4) is 0 Å². The standard InChI is InChI=1S/C19H30IN4O/c1-14-12-17(19(25)23-20-2)18(21-13-14)24-10-8-16(9-11-24)22-15-6-4-3-5-7-15/h12-13,15,19,23,25H,3-11H2,1-2H3/q-1. The van der Waals surface area contributed by atoms with Gasteiger partial charge in [-0.15, -0.1) is 0 Å². The average molecular weight is 457 g/mol. The van der Waals surface area contributed by atoms with Crippen molar-refractivity contribution in [2.24, 2.45) is 4.99 Å². The van der Waals surface area contributed by atoms with Crippen LogP contribution in [0.15, 0.2) is 17.3 Å². The first-order valence-corrected chi connectivity index (χ1v) is 12.6. The molecule has 25 heavy (non-hydrogen) atoms. The molecule has 1 aromatic rings. The Hall–Kier alpha value is -0.730. The van der Waals surface area contributed by atoms with Crippen LogP contribution in [0.4, 0.5) is 5.82 Å². The van der Waals surface area contributed by atoms with E-state index in [0.29, 0.717) is 6.04 Å². The molecule has 1 aliphatic heterocycles. The van der Waals surface area contributed by atoms with Gasteiger partial charge < -0.3 is 0 Å². The monoisotopic (exact) mass is 457 g/mol. The van der Waals surface area contributed by atoms with E-state index >= 15 is 0 Å². The van der Waals surface area contributed by atoms with Crippen LogP contribution in [-0.2, 0) is 0 Å². The minimum absolute atomic E-state index is 0.184. The van der Waals surface area contributed by atoms with E-state index in [-0.39, 0.29) is 21.5 Å². The average Bonchev–Trinajstić information content (AvgIpc) is 2.63. The number of aliphatic hydroxyl groups is 1. The molecule has 0 amide bonds. The quantitative estimate of drug-likeness (QED) is 0.283. The summed E-state index contributed by atoms with van der Waals surface area (Å²) in [6, 6.07) is 2.63. The van der Waals surface area contributed by atoms with E-state index in [1.165, 1.54) is 37.8 Å². The van der Waals surface area contributed by atoms with E-state index in [2.05, 4.69) is 24.4 Å². The van der Waals surface area contributed by atoms with Gasteiger partial charge in [0.25, 0.3) is 0 Å². The van der Waals surface area contributed by atoms with Gasteiger partial charge in [0.15, 0.2) is 0 Å². The molecule has 140 valence electrons. The number of aryl methyl sites for hydroxylation is 1. The molecule has 0 aromatic carbocycles. The number of aliphatic imine (C=N–C) groups is 1. The zero-order chi connectivity index (χ0) is 17.6. The number of pyridine rings is 1. The summed E-state index contributed by atoms with van der Waals surface area (Å²) in [6.07, 6.45) is 9.95. The van der Waals surface area contributed by atoms with Crippen LogP contribution in [-0.4, -0.2) is 39.9 Å². The zero-order valence-corrected chi connectivity index (χ0v) is 17.5. The molecule has 5 nitrogen and oxygen atoms in total. The number of rotatable bonds is 5. The Bertz CT molecular complexity index is 591. The van der Waals surface area contributed by atoms with E-state index < -0.39 is 6.23 Å². The summed E-state index contributed by atoms with van der Waals surface area (Å²) in [4.78, 5) is 14.1. The Labute approximate surface area is 161 Å². The van der Waals surface area contributed by atoms with Gasteiger partial charge in [-0.2, -0.15) is 0 Å². The van der Waals surface area contributed by atoms with Crippen molar-refractivity contribution >= 4 is 11.5 Å². The second-order valence-corrected chi connectivity index (χ2v) is 8.80. The molecule has 0 spiro atoms. The molecule has 6 heteroatoms. The third-order valence-electron chi connectivity index (χ3n) is 5.12. The molecule has 1 atom stereocenters. The Morgan fingerprint density at radius 1 is 1.28 bits per heavy atom. The van der Waals surface area contributed by atoms with Crippen molar-refractivity contribution in [3.8, 4) is 0 Å². The topological polar surface area (TPSA) is 60.8 Å². The first-order chi connectivity index (χ1) is 12.2. The van der Waals surface area contributed by atoms with E-state index in [4.69, 9.17) is 4.99 Å². The van der Waals surface area contributed by atoms with Crippen LogP contribution in [0.1, 0.15) is 62.3 Å². The van der Waals surface area contributed by atoms with Gasteiger partial charge in [0, 0.05) is 0 Å². The Morgan fingerprint density at radius 2 is 2.00 bits per heavy atom. The van der Waals surface area contributed by atoms with Crippen LogP contribution >= 0.6 is 0 Å². The van der Waals surface area contributed by atoms with Gasteiger partial charge in [0.05, 0.1) is 0 Å². The normalized spacial score (nSPS) is 20.8. The predicted octanol–water partition coefficient (Wildman–Crippen LogP) is -0.0218. The van der Waals surface area contributed by atoms with Crippen molar-refractivity contribution in [3.05, 3.63) is 23.4 Å². The maximum atomic E-state index is 10.5. The third kappa shape index (κ3) is 5.14. The molecule has 2 heterocycles. The molecule has 1 aromatic heterocycles. The molecule has 2 aliphatic rings. The summed E-state index contributed by atoms with van der Waals surface area (Å²) in [5, 5.41) is 10.5. The van der Waals surface area contributed by atoms with Crippen LogP contribution in [0, 0.1) is 6.92 Å². The van der Waals surface area contributed by atoms with Gasteiger partial charge in [-0.25, -0.2) is 0 Å². The number of aliphatic hydroxyl groups excluding tert-OH is 1. The van der Waals surface area contributed by atoms with Crippen LogP contribution in [0.25, 0.3) is 0 Å². The molecule has 1 saturated heterocycles. The number of piperidine rings is 1. The van der Waals surface area contributed by atoms with Gasteiger partial charge in [-0.3, -0.25) is 0 Å². The van der Waals surface area contributed by atoms with Gasteiger partial charge in [-0.05, 0) is 0 Å². The SMILES string of the molecule is C[I-]NC(O)c1cc(C)cnc1N1CCC(=NC2CCCCC2)CC1. The summed E-state index contributed by atoms with van der Waals surface area (Å²) in [7, 11) is 0. The predicted molar refractivity (Wildman–Crippen MR) is 98.7 cm³/mol. The molecular formula is C19H30IN4O-. The number of anilines is 1. The number of aromatic nitrogens is 1. The maximum absolute atomic E-state index is 10.5. The van der Waals surface area contributed by atoms with Crippen LogP contribution < -0.4 is 29.9 Å². The molecule has 2 N–H and O–H groups in total. The fourth-order valence-corrected chi connectivity index (χ4v) is 4.71. The molecule has 1 unspecified atom stereocenters. The molecule has 2 fully saturated rings. The van der Waals surface area contributed by atoms with E-state index in [9.17, 15) is 5.11 Å². The van der Waals surface area contributed by atoms with E-state index in [0.717, 1.165) is 42.9 Å². The Kier molecular flexibility index (Phi) is 7.07.